The zero-order valence-corrected chi connectivity index (χ0v) is 18.0. The molecular formula is C21H19Cl2N5O2. The number of carbonyl (C=O) groups excluding carboxylic acids is 1. The molecule has 1 atom stereocenters. The van der Waals surface area contributed by atoms with Gasteiger partial charge < -0.3 is 14.6 Å². The molecule has 1 aliphatic rings. The van der Waals surface area contributed by atoms with Crippen molar-refractivity contribution in [2.45, 2.75) is 32.2 Å². The van der Waals surface area contributed by atoms with Gasteiger partial charge >= 0.3 is 0 Å². The number of nitriles is 1. The summed E-state index contributed by atoms with van der Waals surface area (Å²) in [7, 11) is 1.52. The van der Waals surface area contributed by atoms with Crippen LogP contribution < -0.4 is 4.74 Å². The number of nitrogens with one attached hydrogen (secondary N) is 1. The molecular weight excluding hydrogens is 425 g/mol. The van der Waals surface area contributed by atoms with E-state index in [0.29, 0.717) is 41.6 Å². The number of rotatable bonds is 4. The van der Waals surface area contributed by atoms with Crippen LogP contribution in [0, 0.1) is 11.3 Å². The third-order valence-electron chi connectivity index (χ3n) is 5.48. The van der Waals surface area contributed by atoms with Gasteiger partial charge in [-0.3, -0.25) is 4.79 Å². The number of aryl methyl sites for hydroxylation is 1. The normalized spacial score (nSPS) is 15.7. The number of carbonyl (C=O) groups is 1. The maximum absolute atomic E-state index is 13.1. The van der Waals surface area contributed by atoms with Crippen LogP contribution in [0.2, 0.25) is 10.0 Å². The van der Waals surface area contributed by atoms with Gasteiger partial charge in [0.1, 0.15) is 0 Å². The van der Waals surface area contributed by atoms with Crippen molar-refractivity contribution in [3.8, 4) is 11.8 Å². The molecule has 30 heavy (non-hydrogen) atoms. The number of hydrogen-bond acceptors (Lipinski definition) is 5. The van der Waals surface area contributed by atoms with E-state index in [1.807, 2.05) is 13.0 Å². The van der Waals surface area contributed by atoms with Crippen LogP contribution in [0.1, 0.15) is 46.8 Å². The van der Waals surface area contributed by atoms with E-state index in [0.717, 1.165) is 27.7 Å². The minimum absolute atomic E-state index is 0.122. The molecule has 0 saturated carbocycles. The maximum Gasteiger partial charge on any atom is 0.292 e. The number of hydrogen-bond donors (Lipinski definition) is 1. The van der Waals surface area contributed by atoms with Crippen molar-refractivity contribution < 1.29 is 9.53 Å². The molecule has 2 aromatic heterocycles. The molecule has 1 aromatic carbocycles. The summed E-state index contributed by atoms with van der Waals surface area (Å²) in [4.78, 5) is 26.6. The third-order valence-corrected chi connectivity index (χ3v) is 6.27. The number of halogens is 2. The van der Waals surface area contributed by atoms with Crippen molar-refractivity contribution in [1.29, 1.82) is 5.26 Å². The van der Waals surface area contributed by atoms with Gasteiger partial charge in [-0.1, -0.05) is 23.2 Å². The average Bonchev–Trinajstić information content (AvgIpc) is 3.16. The van der Waals surface area contributed by atoms with Crippen LogP contribution in [0.15, 0.2) is 18.5 Å². The lowest BCUT2D eigenvalue weighted by molar-refractivity contribution is 0.0665. The highest BCUT2D eigenvalue weighted by molar-refractivity contribution is 6.45. The van der Waals surface area contributed by atoms with Crippen molar-refractivity contribution in [1.82, 2.24) is 19.9 Å². The van der Waals surface area contributed by atoms with E-state index in [-0.39, 0.29) is 17.8 Å². The summed E-state index contributed by atoms with van der Waals surface area (Å²) in [6, 6.07) is 3.77. The second-order valence-electron chi connectivity index (χ2n) is 7.13. The first-order chi connectivity index (χ1) is 14.5. The summed E-state index contributed by atoms with van der Waals surface area (Å²) in [5.41, 5.74) is 3.73. The first-order valence-electron chi connectivity index (χ1n) is 9.51. The molecule has 154 valence electrons. The molecule has 9 heteroatoms. The standard InChI is InChI=1S/C21H19Cl2N5O2/c1-11-16-15(5-7-28(11)21(29)20-25-9-13(30-2)10-26-20)27-19-17(16)12(4-3-6-24)8-14(22)18(19)23/h8-11,27H,3-5,7H2,1-2H3/t11-/m0/s1. The fraction of sp³-hybridized carbons (Fsp3) is 0.333. The number of benzene rings is 1. The lowest BCUT2D eigenvalue weighted by Gasteiger charge is -2.33. The van der Waals surface area contributed by atoms with Crippen molar-refractivity contribution >= 4 is 40.0 Å². The summed E-state index contributed by atoms with van der Waals surface area (Å²) in [6.07, 6.45) is 4.52. The molecule has 1 aliphatic heterocycles. The van der Waals surface area contributed by atoms with E-state index in [4.69, 9.17) is 33.2 Å². The number of H-pyrrole nitrogens is 1. The molecule has 0 radical (unpaired) electrons. The van der Waals surface area contributed by atoms with Crippen molar-refractivity contribution in [2.24, 2.45) is 0 Å². The van der Waals surface area contributed by atoms with Crippen LogP contribution in [-0.2, 0) is 12.8 Å². The van der Waals surface area contributed by atoms with Gasteiger partial charge in [0.05, 0.1) is 47.2 Å². The molecule has 0 saturated heterocycles. The van der Waals surface area contributed by atoms with Crippen LogP contribution in [0.25, 0.3) is 10.9 Å². The number of nitrogens with zero attached hydrogens (tertiary/aromatic N) is 4. The van der Waals surface area contributed by atoms with Crippen LogP contribution in [0.4, 0.5) is 0 Å². The molecule has 1 amide bonds. The molecule has 0 spiro atoms. The summed E-state index contributed by atoms with van der Waals surface area (Å²) < 4.78 is 5.07. The summed E-state index contributed by atoms with van der Waals surface area (Å²) in [5, 5.41) is 10.9. The van der Waals surface area contributed by atoms with Gasteiger partial charge in [-0.05, 0) is 25.0 Å². The second-order valence-corrected chi connectivity index (χ2v) is 7.91. The van der Waals surface area contributed by atoms with E-state index in [1.165, 1.54) is 19.5 Å². The Labute approximate surface area is 183 Å². The predicted molar refractivity (Wildman–Crippen MR) is 114 cm³/mol. The fourth-order valence-electron chi connectivity index (χ4n) is 4.04. The van der Waals surface area contributed by atoms with Crippen molar-refractivity contribution in [3.63, 3.8) is 0 Å². The predicted octanol–water partition coefficient (Wildman–Crippen LogP) is 4.49. The maximum atomic E-state index is 13.1. The van der Waals surface area contributed by atoms with E-state index in [9.17, 15) is 4.79 Å². The summed E-state index contributed by atoms with van der Waals surface area (Å²) in [5.74, 6) is 0.367. The molecule has 7 nitrogen and oxygen atoms in total. The lowest BCUT2D eigenvalue weighted by Crippen LogP contribution is -2.39. The molecule has 4 rings (SSSR count). The van der Waals surface area contributed by atoms with Crippen molar-refractivity contribution in [2.75, 3.05) is 13.7 Å². The van der Waals surface area contributed by atoms with Gasteiger partial charge in [0.15, 0.2) is 5.75 Å². The second kappa shape index (κ2) is 8.13. The van der Waals surface area contributed by atoms with Gasteiger partial charge in [0, 0.05) is 36.0 Å². The Bertz CT molecular complexity index is 1170. The Kier molecular flexibility index (Phi) is 5.54. The van der Waals surface area contributed by atoms with Gasteiger partial charge in [-0.15, -0.1) is 0 Å². The van der Waals surface area contributed by atoms with Gasteiger partial charge in [-0.2, -0.15) is 5.26 Å². The number of methoxy groups -OCH3 is 1. The molecule has 3 aromatic rings. The molecule has 0 aliphatic carbocycles. The number of aromatic nitrogens is 3. The van der Waals surface area contributed by atoms with E-state index >= 15 is 0 Å². The SMILES string of the molecule is COc1cnc(C(=O)N2CCc3[nH]c4c(Cl)c(Cl)cc(CCC#N)c4c3[C@@H]2C)nc1. The van der Waals surface area contributed by atoms with Gasteiger partial charge in [0.25, 0.3) is 5.91 Å². The highest BCUT2D eigenvalue weighted by atomic mass is 35.5. The quantitative estimate of drug-likeness (QED) is 0.640. The average molecular weight is 444 g/mol. The molecule has 0 fully saturated rings. The minimum atomic E-state index is -0.246. The van der Waals surface area contributed by atoms with Crippen LogP contribution in [0.3, 0.4) is 0 Å². The first-order valence-corrected chi connectivity index (χ1v) is 10.3. The zero-order valence-electron chi connectivity index (χ0n) is 16.5. The number of fused-ring (bicyclic) bond motifs is 3. The van der Waals surface area contributed by atoms with E-state index in [2.05, 4.69) is 21.0 Å². The Morgan fingerprint density at radius 3 is 2.80 bits per heavy atom. The number of aromatic amines is 1. The lowest BCUT2D eigenvalue weighted by atomic mass is 9.93. The highest BCUT2D eigenvalue weighted by Crippen LogP contribution is 2.42. The fourth-order valence-corrected chi connectivity index (χ4v) is 4.46. The van der Waals surface area contributed by atoms with E-state index < -0.39 is 0 Å². The summed E-state index contributed by atoms with van der Waals surface area (Å²) in [6.45, 7) is 2.50. The topological polar surface area (TPSA) is 94.9 Å². The molecule has 1 N–H and O–H groups in total. The molecule has 0 bridgehead atoms. The zero-order chi connectivity index (χ0) is 21.4. The van der Waals surface area contributed by atoms with Crippen molar-refractivity contribution in [3.05, 3.63) is 51.2 Å². The minimum Gasteiger partial charge on any atom is -0.494 e. The van der Waals surface area contributed by atoms with Crippen LogP contribution in [0.5, 0.6) is 5.75 Å². The smallest absolute Gasteiger partial charge is 0.292 e. The molecule has 0 unspecified atom stereocenters. The first kappa shape index (κ1) is 20.5. The monoisotopic (exact) mass is 443 g/mol. The van der Waals surface area contributed by atoms with Crippen LogP contribution >= 0.6 is 23.2 Å². The van der Waals surface area contributed by atoms with Crippen LogP contribution in [-0.4, -0.2) is 39.4 Å². The molecule has 3 heterocycles. The van der Waals surface area contributed by atoms with Gasteiger partial charge in [0.2, 0.25) is 5.82 Å². The Morgan fingerprint density at radius 1 is 1.40 bits per heavy atom. The largest absolute Gasteiger partial charge is 0.494 e. The van der Waals surface area contributed by atoms with E-state index in [1.54, 1.807) is 4.90 Å². The highest BCUT2D eigenvalue weighted by Gasteiger charge is 2.33. The third kappa shape index (κ3) is 3.36. The Hall–Kier alpha value is -2.82. The van der Waals surface area contributed by atoms with Gasteiger partial charge in [-0.25, -0.2) is 9.97 Å². The Morgan fingerprint density at radius 2 is 2.13 bits per heavy atom. The number of ether oxygens (including phenoxy) is 1. The summed E-state index contributed by atoms with van der Waals surface area (Å²) >= 11 is 12.8. The Balaban J connectivity index is 1.78. The number of amides is 1.